The van der Waals surface area contributed by atoms with Crippen LogP contribution in [0.5, 0.6) is 5.75 Å². The Balaban J connectivity index is 2.90. The van der Waals surface area contributed by atoms with Gasteiger partial charge in [-0.3, -0.25) is 9.59 Å². The van der Waals surface area contributed by atoms with Gasteiger partial charge in [-0.25, -0.2) is 0 Å². The summed E-state index contributed by atoms with van der Waals surface area (Å²) in [6.45, 7) is 0. The minimum absolute atomic E-state index is 0.161. The molecular formula is C11H13NO4. The van der Waals surface area contributed by atoms with E-state index in [1.54, 1.807) is 24.3 Å². The summed E-state index contributed by atoms with van der Waals surface area (Å²) < 4.78 is 5.02. The van der Waals surface area contributed by atoms with Gasteiger partial charge in [-0.15, -0.1) is 0 Å². The first kappa shape index (κ1) is 12.0. The lowest BCUT2D eigenvalue weighted by Crippen LogP contribution is -2.22. The maximum atomic E-state index is 10.6. The monoisotopic (exact) mass is 223 g/mol. The highest BCUT2D eigenvalue weighted by Gasteiger charge is 2.14. The minimum atomic E-state index is -0.970. The maximum Gasteiger partial charge on any atom is 0.305 e. The summed E-state index contributed by atoms with van der Waals surface area (Å²) in [5.74, 6) is -0.345. The van der Waals surface area contributed by atoms with Crippen LogP contribution in [0.2, 0.25) is 0 Å². The van der Waals surface area contributed by atoms with E-state index in [9.17, 15) is 9.59 Å². The molecule has 0 spiro atoms. The molecule has 2 N–H and O–H groups in total. The van der Waals surface area contributed by atoms with E-state index in [4.69, 9.17) is 9.84 Å². The predicted octanol–water partition coefficient (Wildman–Crippen LogP) is 0.957. The fourth-order valence-corrected chi connectivity index (χ4v) is 1.39. The van der Waals surface area contributed by atoms with E-state index >= 15 is 0 Å². The van der Waals surface area contributed by atoms with Gasteiger partial charge in [0.25, 0.3) is 0 Å². The SMILES string of the molecule is COc1cccc([C@@H](CC(=O)O)NC=O)c1. The Morgan fingerprint density at radius 2 is 2.38 bits per heavy atom. The Labute approximate surface area is 93.0 Å². The molecule has 0 aliphatic carbocycles. The number of benzene rings is 1. The number of amides is 1. The second-order valence-electron chi connectivity index (χ2n) is 3.21. The van der Waals surface area contributed by atoms with Gasteiger partial charge in [-0.2, -0.15) is 0 Å². The zero-order valence-corrected chi connectivity index (χ0v) is 8.84. The summed E-state index contributed by atoms with van der Waals surface area (Å²) in [4.78, 5) is 21.0. The van der Waals surface area contributed by atoms with Crippen molar-refractivity contribution in [3.05, 3.63) is 29.8 Å². The molecule has 0 fully saturated rings. The summed E-state index contributed by atoms with van der Waals surface area (Å²) in [6.07, 6.45) is 0.332. The first-order valence-electron chi connectivity index (χ1n) is 4.72. The number of carbonyl (C=O) groups excluding carboxylic acids is 1. The summed E-state index contributed by atoms with van der Waals surface area (Å²) in [7, 11) is 1.53. The standard InChI is InChI=1S/C11H13NO4/c1-16-9-4-2-3-8(5-9)10(12-7-13)6-11(14)15/h2-5,7,10H,6H2,1H3,(H,12,13)(H,14,15)/t10-/m1/s1. The average molecular weight is 223 g/mol. The van der Waals surface area contributed by atoms with Crippen molar-refractivity contribution in [3.63, 3.8) is 0 Å². The lowest BCUT2D eigenvalue weighted by Gasteiger charge is -2.14. The molecule has 1 aromatic rings. The third-order valence-corrected chi connectivity index (χ3v) is 2.14. The zero-order valence-electron chi connectivity index (χ0n) is 8.84. The van der Waals surface area contributed by atoms with Crippen molar-refractivity contribution in [3.8, 4) is 5.75 Å². The van der Waals surface area contributed by atoms with Crippen LogP contribution in [-0.2, 0) is 9.59 Å². The molecule has 1 atom stereocenters. The molecule has 1 aromatic carbocycles. The van der Waals surface area contributed by atoms with E-state index in [1.165, 1.54) is 7.11 Å². The van der Waals surface area contributed by atoms with E-state index in [1.807, 2.05) is 0 Å². The third-order valence-electron chi connectivity index (χ3n) is 2.14. The number of aliphatic carboxylic acids is 1. The molecule has 0 saturated heterocycles. The molecular weight excluding hydrogens is 210 g/mol. The van der Waals surface area contributed by atoms with Crippen molar-refractivity contribution in [1.29, 1.82) is 0 Å². The topological polar surface area (TPSA) is 75.6 Å². The number of hydrogen-bond donors (Lipinski definition) is 2. The number of hydrogen-bond acceptors (Lipinski definition) is 3. The molecule has 5 heteroatoms. The quantitative estimate of drug-likeness (QED) is 0.704. The van der Waals surface area contributed by atoms with Crippen LogP contribution in [0.4, 0.5) is 0 Å². The molecule has 0 aromatic heterocycles. The van der Waals surface area contributed by atoms with Crippen molar-refractivity contribution in [2.24, 2.45) is 0 Å². The van der Waals surface area contributed by atoms with Crippen LogP contribution in [0.25, 0.3) is 0 Å². The van der Waals surface area contributed by atoms with E-state index in [-0.39, 0.29) is 6.42 Å². The number of rotatable bonds is 6. The largest absolute Gasteiger partial charge is 0.497 e. The molecule has 1 amide bonds. The average Bonchev–Trinajstić information content (AvgIpc) is 2.28. The number of nitrogens with one attached hydrogen (secondary N) is 1. The summed E-state index contributed by atoms with van der Waals surface area (Å²) >= 11 is 0. The van der Waals surface area contributed by atoms with Crippen LogP contribution in [0.3, 0.4) is 0 Å². The molecule has 0 unspecified atom stereocenters. The zero-order chi connectivity index (χ0) is 12.0. The highest BCUT2D eigenvalue weighted by Crippen LogP contribution is 2.21. The number of carbonyl (C=O) groups is 2. The first-order chi connectivity index (χ1) is 7.67. The Bertz CT molecular complexity index is 378. The van der Waals surface area contributed by atoms with Crippen LogP contribution < -0.4 is 10.1 Å². The highest BCUT2D eigenvalue weighted by atomic mass is 16.5. The molecule has 0 bridgehead atoms. The maximum absolute atomic E-state index is 10.6. The van der Waals surface area contributed by atoms with E-state index < -0.39 is 12.0 Å². The van der Waals surface area contributed by atoms with Crippen molar-refractivity contribution in [1.82, 2.24) is 5.32 Å². The Morgan fingerprint density at radius 3 is 2.94 bits per heavy atom. The Hall–Kier alpha value is -2.04. The Morgan fingerprint density at radius 1 is 1.62 bits per heavy atom. The molecule has 1 rings (SSSR count). The van der Waals surface area contributed by atoms with Crippen molar-refractivity contribution in [2.75, 3.05) is 7.11 Å². The van der Waals surface area contributed by atoms with Gasteiger partial charge < -0.3 is 15.2 Å². The van der Waals surface area contributed by atoms with Crippen molar-refractivity contribution in [2.45, 2.75) is 12.5 Å². The van der Waals surface area contributed by atoms with Gasteiger partial charge in [0.05, 0.1) is 19.6 Å². The lowest BCUT2D eigenvalue weighted by atomic mass is 10.0. The number of carboxylic acid groups (broad SMARTS) is 1. The van der Waals surface area contributed by atoms with Gasteiger partial charge >= 0.3 is 5.97 Å². The van der Waals surface area contributed by atoms with Crippen molar-refractivity contribution < 1.29 is 19.4 Å². The fourth-order valence-electron chi connectivity index (χ4n) is 1.39. The molecule has 86 valence electrons. The predicted molar refractivity (Wildman–Crippen MR) is 57.2 cm³/mol. The van der Waals surface area contributed by atoms with Crippen LogP contribution >= 0.6 is 0 Å². The molecule has 0 saturated carbocycles. The van der Waals surface area contributed by atoms with Gasteiger partial charge in [-0.05, 0) is 17.7 Å². The lowest BCUT2D eigenvalue weighted by molar-refractivity contribution is -0.137. The highest BCUT2D eigenvalue weighted by molar-refractivity contribution is 5.68. The second-order valence-corrected chi connectivity index (χ2v) is 3.21. The van der Waals surface area contributed by atoms with Crippen LogP contribution in [0.1, 0.15) is 18.0 Å². The van der Waals surface area contributed by atoms with E-state index in [0.717, 1.165) is 0 Å². The van der Waals surface area contributed by atoms with Crippen molar-refractivity contribution >= 4 is 12.4 Å². The minimum Gasteiger partial charge on any atom is -0.497 e. The van der Waals surface area contributed by atoms with Gasteiger partial charge in [0.1, 0.15) is 5.75 Å². The fraction of sp³-hybridized carbons (Fsp3) is 0.273. The smallest absolute Gasteiger partial charge is 0.305 e. The van der Waals surface area contributed by atoms with Gasteiger partial charge in [-0.1, -0.05) is 12.1 Å². The number of methoxy groups -OCH3 is 1. The number of carboxylic acids is 1. The van der Waals surface area contributed by atoms with Crippen LogP contribution in [-0.4, -0.2) is 24.6 Å². The normalized spacial score (nSPS) is 11.6. The molecule has 5 nitrogen and oxygen atoms in total. The van der Waals surface area contributed by atoms with Gasteiger partial charge in [0.15, 0.2) is 0 Å². The third kappa shape index (κ3) is 3.27. The number of ether oxygens (including phenoxy) is 1. The van der Waals surface area contributed by atoms with Crippen LogP contribution in [0, 0.1) is 0 Å². The van der Waals surface area contributed by atoms with Crippen LogP contribution in [0.15, 0.2) is 24.3 Å². The summed E-state index contributed by atoms with van der Waals surface area (Å²) in [5, 5.41) is 11.2. The molecule has 0 radical (unpaired) electrons. The summed E-state index contributed by atoms with van der Waals surface area (Å²) in [5.41, 5.74) is 0.703. The van der Waals surface area contributed by atoms with E-state index in [0.29, 0.717) is 17.7 Å². The second kappa shape index (κ2) is 5.75. The summed E-state index contributed by atoms with van der Waals surface area (Å²) in [6, 6.07) is 6.40. The van der Waals surface area contributed by atoms with Gasteiger partial charge in [0, 0.05) is 0 Å². The molecule has 0 aliphatic rings. The first-order valence-corrected chi connectivity index (χ1v) is 4.72. The van der Waals surface area contributed by atoms with Gasteiger partial charge in [0.2, 0.25) is 6.41 Å². The molecule has 0 heterocycles. The van der Waals surface area contributed by atoms with E-state index in [2.05, 4.69) is 5.32 Å². The molecule has 0 aliphatic heterocycles. The Kier molecular flexibility index (Phi) is 4.32. The molecule has 16 heavy (non-hydrogen) atoms.